The molecule has 1 aromatic heterocycles. The zero-order valence-corrected chi connectivity index (χ0v) is 12.0. The summed E-state index contributed by atoms with van der Waals surface area (Å²) in [6, 6.07) is 8.71. The lowest BCUT2D eigenvalue weighted by Crippen LogP contribution is -2.47. The van der Waals surface area contributed by atoms with Crippen LogP contribution in [-0.2, 0) is 0 Å². The zero-order chi connectivity index (χ0) is 13.9. The number of H-pyrrole nitrogens is 1. The van der Waals surface area contributed by atoms with Crippen molar-refractivity contribution >= 4 is 16.7 Å². The van der Waals surface area contributed by atoms with Crippen LogP contribution in [0.25, 0.3) is 10.9 Å². The number of hydrogen-bond acceptors (Lipinski definition) is 2. The summed E-state index contributed by atoms with van der Waals surface area (Å²) in [4.78, 5) is 18.6. The molecule has 1 fully saturated rings. The second-order valence-corrected chi connectivity index (χ2v) is 6.22. The van der Waals surface area contributed by atoms with Crippen molar-refractivity contribution in [1.82, 2.24) is 9.88 Å². The first-order valence-corrected chi connectivity index (χ1v) is 7.57. The van der Waals surface area contributed by atoms with Crippen LogP contribution in [0.3, 0.4) is 0 Å². The molecule has 0 amide bonds. The van der Waals surface area contributed by atoms with Crippen molar-refractivity contribution in [2.24, 2.45) is 11.8 Å². The summed E-state index contributed by atoms with van der Waals surface area (Å²) < 4.78 is 0. The number of fused-ring (bicyclic) bond motifs is 6. The Bertz CT molecular complexity index is 687. The Morgan fingerprint density at radius 2 is 2.15 bits per heavy atom. The van der Waals surface area contributed by atoms with Crippen LogP contribution < -0.4 is 0 Å². The van der Waals surface area contributed by atoms with Gasteiger partial charge in [0.15, 0.2) is 5.78 Å². The van der Waals surface area contributed by atoms with Crippen molar-refractivity contribution < 1.29 is 4.79 Å². The van der Waals surface area contributed by atoms with Gasteiger partial charge >= 0.3 is 0 Å². The molecular weight excluding hydrogens is 248 g/mol. The van der Waals surface area contributed by atoms with E-state index >= 15 is 0 Å². The van der Waals surface area contributed by atoms with Crippen LogP contribution in [0.15, 0.2) is 24.3 Å². The van der Waals surface area contributed by atoms with E-state index in [1.165, 1.54) is 10.9 Å². The lowest BCUT2D eigenvalue weighted by Gasteiger charge is -2.46. The Morgan fingerprint density at radius 1 is 1.35 bits per heavy atom. The molecule has 4 rings (SSSR count). The molecule has 2 bridgehead atoms. The molecule has 20 heavy (non-hydrogen) atoms. The molecule has 3 atom stereocenters. The van der Waals surface area contributed by atoms with Gasteiger partial charge in [0.2, 0.25) is 0 Å². The van der Waals surface area contributed by atoms with Gasteiger partial charge in [-0.05, 0) is 32.0 Å². The smallest absolute Gasteiger partial charge is 0.182 e. The van der Waals surface area contributed by atoms with Crippen molar-refractivity contribution in [3.05, 3.63) is 35.5 Å². The van der Waals surface area contributed by atoms with Crippen molar-refractivity contribution in [3.63, 3.8) is 0 Å². The third-order valence-corrected chi connectivity index (χ3v) is 5.29. The highest BCUT2D eigenvalue weighted by Gasteiger charge is 2.47. The van der Waals surface area contributed by atoms with Gasteiger partial charge in [-0.15, -0.1) is 0 Å². The van der Waals surface area contributed by atoms with E-state index in [-0.39, 0.29) is 5.92 Å². The maximum atomic E-state index is 12.8. The molecule has 0 saturated carbocycles. The molecule has 3 unspecified atom stereocenters. The van der Waals surface area contributed by atoms with Gasteiger partial charge in [0.05, 0.1) is 5.69 Å². The number of rotatable bonds is 1. The van der Waals surface area contributed by atoms with Crippen LogP contribution in [0.5, 0.6) is 0 Å². The zero-order valence-electron chi connectivity index (χ0n) is 12.0. The molecule has 0 spiro atoms. The van der Waals surface area contributed by atoms with Gasteiger partial charge in [-0.25, -0.2) is 0 Å². The molecule has 2 aromatic rings. The summed E-state index contributed by atoms with van der Waals surface area (Å²) in [7, 11) is 2.20. The first-order chi connectivity index (χ1) is 9.72. The number of aromatic amines is 1. The van der Waals surface area contributed by atoms with E-state index in [4.69, 9.17) is 0 Å². The fraction of sp³-hybridized carbons (Fsp3) is 0.471. The first kappa shape index (κ1) is 12.2. The highest BCUT2D eigenvalue weighted by molar-refractivity contribution is 6.05. The average molecular weight is 268 g/mol. The number of aromatic nitrogens is 1. The van der Waals surface area contributed by atoms with Crippen LogP contribution in [0.4, 0.5) is 0 Å². The number of benzene rings is 1. The van der Waals surface area contributed by atoms with E-state index in [0.29, 0.717) is 17.7 Å². The largest absolute Gasteiger partial charge is 0.352 e. The minimum absolute atomic E-state index is 0.210. The van der Waals surface area contributed by atoms with E-state index in [9.17, 15) is 4.79 Å². The van der Waals surface area contributed by atoms with Crippen LogP contribution in [-0.4, -0.2) is 29.3 Å². The molecule has 1 aromatic carbocycles. The highest BCUT2D eigenvalue weighted by atomic mass is 16.1. The third-order valence-electron chi connectivity index (χ3n) is 5.29. The molecule has 1 saturated heterocycles. The summed E-state index contributed by atoms with van der Waals surface area (Å²) in [5.74, 6) is 1.02. The standard InChI is InChI=1S/C17H20N2O/c1-3-10-11-8-9-19(2)16(10)14-12-6-4-5-7-13(12)18-15(14)17(11)20/h4-7,10-11,16,18H,3,8-9H2,1-2H3. The Balaban J connectivity index is 2.03. The summed E-state index contributed by atoms with van der Waals surface area (Å²) in [6.07, 6.45) is 2.07. The summed E-state index contributed by atoms with van der Waals surface area (Å²) in [6.45, 7) is 3.24. The molecule has 0 radical (unpaired) electrons. The fourth-order valence-corrected chi connectivity index (χ4v) is 4.36. The highest BCUT2D eigenvalue weighted by Crippen LogP contribution is 2.49. The Labute approximate surface area is 119 Å². The average Bonchev–Trinajstić information content (AvgIpc) is 2.85. The predicted molar refractivity (Wildman–Crippen MR) is 79.9 cm³/mol. The van der Waals surface area contributed by atoms with Crippen molar-refractivity contribution in [2.75, 3.05) is 13.6 Å². The quantitative estimate of drug-likeness (QED) is 0.860. The second-order valence-electron chi connectivity index (χ2n) is 6.22. The van der Waals surface area contributed by atoms with Crippen LogP contribution in [0, 0.1) is 11.8 Å². The molecule has 3 nitrogen and oxygen atoms in total. The number of nitrogens with one attached hydrogen (secondary N) is 1. The van der Waals surface area contributed by atoms with Gasteiger partial charge < -0.3 is 4.98 Å². The van der Waals surface area contributed by atoms with Crippen LogP contribution in [0.2, 0.25) is 0 Å². The van der Waals surface area contributed by atoms with Gasteiger partial charge in [0.25, 0.3) is 0 Å². The second kappa shape index (κ2) is 4.19. The van der Waals surface area contributed by atoms with E-state index in [2.05, 4.69) is 42.1 Å². The van der Waals surface area contributed by atoms with Crippen molar-refractivity contribution in [1.29, 1.82) is 0 Å². The molecule has 1 aliphatic heterocycles. The number of carbonyl (C=O) groups is 1. The molecular formula is C17H20N2O. The molecule has 1 aliphatic carbocycles. The van der Waals surface area contributed by atoms with Gasteiger partial charge in [0, 0.05) is 28.4 Å². The van der Waals surface area contributed by atoms with E-state index < -0.39 is 0 Å². The molecule has 2 heterocycles. The number of likely N-dealkylation sites (tertiary alicyclic amines) is 1. The van der Waals surface area contributed by atoms with E-state index in [1.807, 2.05) is 6.07 Å². The Hall–Kier alpha value is -1.61. The van der Waals surface area contributed by atoms with Gasteiger partial charge in [0.1, 0.15) is 0 Å². The number of para-hydroxylation sites is 1. The maximum Gasteiger partial charge on any atom is 0.182 e. The molecule has 2 aliphatic rings. The molecule has 3 heteroatoms. The lowest BCUT2D eigenvalue weighted by atomic mass is 9.68. The maximum absolute atomic E-state index is 12.8. The van der Waals surface area contributed by atoms with E-state index in [1.54, 1.807) is 0 Å². The number of nitrogens with zero attached hydrogens (tertiary/aromatic N) is 1. The van der Waals surface area contributed by atoms with Crippen molar-refractivity contribution in [3.8, 4) is 0 Å². The molecule has 1 N–H and O–H groups in total. The molecule has 104 valence electrons. The number of piperidine rings is 1. The number of Topliss-reactive ketones (excluding diaryl/α,β-unsaturated/α-hetero) is 1. The topological polar surface area (TPSA) is 36.1 Å². The van der Waals surface area contributed by atoms with Gasteiger partial charge in [-0.2, -0.15) is 0 Å². The summed E-state index contributed by atoms with van der Waals surface area (Å²) >= 11 is 0. The third kappa shape index (κ3) is 1.41. The number of hydrogen-bond donors (Lipinski definition) is 1. The SMILES string of the molecule is CCC1C2CCN(C)C1c1c([nH]c3ccccc13)C2=O. The minimum Gasteiger partial charge on any atom is -0.352 e. The van der Waals surface area contributed by atoms with Gasteiger partial charge in [-0.1, -0.05) is 31.5 Å². The van der Waals surface area contributed by atoms with E-state index in [0.717, 1.165) is 30.6 Å². The van der Waals surface area contributed by atoms with Gasteiger partial charge in [-0.3, -0.25) is 9.69 Å². The van der Waals surface area contributed by atoms with Crippen LogP contribution in [0.1, 0.15) is 41.9 Å². The van der Waals surface area contributed by atoms with Crippen molar-refractivity contribution in [2.45, 2.75) is 25.8 Å². The fourth-order valence-electron chi connectivity index (χ4n) is 4.36. The Kier molecular flexibility index (Phi) is 2.55. The summed E-state index contributed by atoms with van der Waals surface area (Å²) in [5, 5.41) is 1.23. The first-order valence-electron chi connectivity index (χ1n) is 7.57. The summed E-state index contributed by atoms with van der Waals surface area (Å²) in [5.41, 5.74) is 3.22. The predicted octanol–water partition coefficient (Wildman–Crippen LogP) is 3.38. The number of carbonyl (C=O) groups excluding carboxylic acids is 1. The lowest BCUT2D eigenvalue weighted by molar-refractivity contribution is 0.0424. The Morgan fingerprint density at radius 3 is 2.95 bits per heavy atom. The normalized spacial score (nSPS) is 29.7. The monoisotopic (exact) mass is 268 g/mol. The van der Waals surface area contributed by atoms with Crippen LogP contribution >= 0.6 is 0 Å². The number of ketones is 1. The minimum atomic E-state index is 0.210.